The monoisotopic (exact) mass is 486 g/mol. The Balaban J connectivity index is 1.20. The molecule has 3 heterocycles. The smallest absolute Gasteiger partial charge is 0.486 e. The Kier molecular flexibility index (Phi) is 6.68. The molecule has 0 N–H and O–H groups in total. The highest BCUT2D eigenvalue weighted by atomic mass is 32.2. The van der Waals surface area contributed by atoms with E-state index < -0.39 is 16.4 Å². The van der Waals surface area contributed by atoms with Crippen LogP contribution < -0.4 is 14.4 Å². The van der Waals surface area contributed by atoms with Crippen molar-refractivity contribution < 1.29 is 31.1 Å². The number of ether oxygens (including phenoxy) is 2. The maximum absolute atomic E-state index is 12.2. The summed E-state index contributed by atoms with van der Waals surface area (Å²) < 4.78 is 71.2. The summed E-state index contributed by atoms with van der Waals surface area (Å²) >= 11 is 0. The molecule has 2 saturated heterocycles. The number of anilines is 1. The fourth-order valence-electron chi connectivity index (χ4n) is 3.85. The third kappa shape index (κ3) is 6.49. The molecule has 8 nitrogen and oxygen atoms in total. The Labute approximate surface area is 190 Å². The van der Waals surface area contributed by atoms with Crippen LogP contribution in [0.1, 0.15) is 5.56 Å². The lowest BCUT2D eigenvalue weighted by Gasteiger charge is -2.39. The van der Waals surface area contributed by atoms with E-state index in [0.717, 1.165) is 11.4 Å². The van der Waals surface area contributed by atoms with Crippen molar-refractivity contribution >= 4 is 15.8 Å². The van der Waals surface area contributed by atoms with Crippen LogP contribution in [-0.2, 0) is 16.6 Å². The van der Waals surface area contributed by atoms with Gasteiger partial charge in [-0.2, -0.15) is 4.31 Å². The molecule has 0 aliphatic carbocycles. The summed E-state index contributed by atoms with van der Waals surface area (Å²) in [5.41, 5.74) is 0.893. The Morgan fingerprint density at radius 2 is 1.64 bits per heavy atom. The fraction of sp³-hybridized carbons (Fsp3) is 0.476. The average molecular weight is 487 g/mol. The van der Waals surface area contributed by atoms with E-state index in [1.54, 1.807) is 18.3 Å². The molecule has 0 amide bonds. The molecule has 12 heteroatoms. The molecule has 180 valence electrons. The van der Waals surface area contributed by atoms with Crippen LogP contribution in [0, 0.1) is 0 Å². The van der Waals surface area contributed by atoms with Gasteiger partial charge in [-0.1, -0.05) is 12.1 Å². The van der Waals surface area contributed by atoms with E-state index >= 15 is 0 Å². The molecule has 1 aromatic heterocycles. The van der Waals surface area contributed by atoms with E-state index in [-0.39, 0.29) is 11.9 Å². The number of aromatic nitrogens is 1. The zero-order valence-corrected chi connectivity index (χ0v) is 18.8. The van der Waals surface area contributed by atoms with E-state index in [4.69, 9.17) is 4.74 Å². The highest BCUT2D eigenvalue weighted by Crippen LogP contribution is 2.25. The van der Waals surface area contributed by atoms with Gasteiger partial charge in [0.1, 0.15) is 23.4 Å². The molecule has 2 aromatic rings. The Bertz CT molecular complexity index is 1030. The van der Waals surface area contributed by atoms with Crippen molar-refractivity contribution in [2.45, 2.75) is 19.0 Å². The van der Waals surface area contributed by atoms with Crippen molar-refractivity contribution in [1.82, 2.24) is 14.2 Å². The van der Waals surface area contributed by atoms with Gasteiger partial charge < -0.3 is 14.4 Å². The van der Waals surface area contributed by atoms with Gasteiger partial charge in [0.2, 0.25) is 10.0 Å². The lowest BCUT2D eigenvalue weighted by atomic mass is 10.1. The number of hydrogen-bond donors (Lipinski definition) is 0. The normalized spacial score (nSPS) is 18.7. The minimum atomic E-state index is -4.69. The van der Waals surface area contributed by atoms with Crippen molar-refractivity contribution in [2.75, 3.05) is 50.4 Å². The second-order valence-electron chi connectivity index (χ2n) is 8.13. The van der Waals surface area contributed by atoms with Crippen LogP contribution in [-0.4, -0.2) is 80.6 Å². The first-order chi connectivity index (χ1) is 15.5. The highest BCUT2D eigenvalue weighted by Gasteiger charge is 2.31. The zero-order valence-electron chi connectivity index (χ0n) is 18.0. The lowest BCUT2D eigenvalue weighted by Crippen LogP contribution is -2.53. The average Bonchev–Trinajstić information content (AvgIpc) is 2.72. The minimum absolute atomic E-state index is 0.0174. The second-order valence-corrected chi connectivity index (χ2v) is 10.1. The number of alkyl halides is 3. The number of nitrogens with zero attached hydrogens (tertiary/aromatic N) is 4. The lowest BCUT2D eigenvalue weighted by molar-refractivity contribution is -0.274. The van der Waals surface area contributed by atoms with Crippen LogP contribution in [0.15, 0.2) is 42.6 Å². The molecule has 4 rings (SSSR count). The van der Waals surface area contributed by atoms with Crippen LogP contribution in [0.3, 0.4) is 0 Å². The van der Waals surface area contributed by atoms with Crippen LogP contribution in [0.4, 0.5) is 19.0 Å². The standard InChI is InChI=1S/C21H25F3N4O4S/c1-33(29,30)28-10-8-27(9-11-28)20-7-6-18(12-25-20)31-19-14-26(15-19)13-16-2-4-17(5-3-16)32-21(22,23)24/h2-7,12,19H,8-11,13-15H2,1H3. The second kappa shape index (κ2) is 9.35. The Hall–Kier alpha value is -2.57. The molecule has 0 atom stereocenters. The third-order valence-corrected chi connectivity index (χ3v) is 6.85. The van der Waals surface area contributed by atoms with Gasteiger partial charge in [-0.25, -0.2) is 13.4 Å². The molecular formula is C21H25F3N4O4S. The predicted octanol–water partition coefficient (Wildman–Crippen LogP) is 2.33. The largest absolute Gasteiger partial charge is 0.573 e. The van der Waals surface area contributed by atoms with Crippen molar-refractivity contribution in [3.8, 4) is 11.5 Å². The number of pyridine rings is 1. The maximum atomic E-state index is 12.2. The summed E-state index contributed by atoms with van der Waals surface area (Å²) in [4.78, 5) is 8.62. The number of rotatable bonds is 7. The van der Waals surface area contributed by atoms with Crippen LogP contribution in [0.2, 0.25) is 0 Å². The molecule has 2 aliphatic rings. The highest BCUT2D eigenvalue weighted by molar-refractivity contribution is 7.88. The molecule has 0 radical (unpaired) electrons. The first-order valence-corrected chi connectivity index (χ1v) is 12.3. The van der Waals surface area contributed by atoms with E-state index in [9.17, 15) is 21.6 Å². The van der Waals surface area contributed by atoms with Gasteiger partial charge in [0, 0.05) is 45.8 Å². The quantitative estimate of drug-likeness (QED) is 0.595. The maximum Gasteiger partial charge on any atom is 0.573 e. The van der Waals surface area contributed by atoms with Crippen molar-refractivity contribution in [2.24, 2.45) is 0 Å². The topological polar surface area (TPSA) is 75.2 Å². The summed E-state index contributed by atoms with van der Waals surface area (Å²) in [5.74, 6) is 1.21. The third-order valence-electron chi connectivity index (χ3n) is 5.54. The minimum Gasteiger partial charge on any atom is -0.486 e. The molecule has 2 aliphatic heterocycles. The van der Waals surface area contributed by atoms with Crippen molar-refractivity contribution in [3.63, 3.8) is 0 Å². The van der Waals surface area contributed by atoms with Gasteiger partial charge in [-0.3, -0.25) is 4.90 Å². The number of halogens is 3. The predicted molar refractivity (Wildman–Crippen MR) is 116 cm³/mol. The van der Waals surface area contributed by atoms with Gasteiger partial charge in [0.15, 0.2) is 0 Å². The van der Waals surface area contributed by atoms with E-state index in [2.05, 4.69) is 14.6 Å². The summed E-state index contributed by atoms with van der Waals surface area (Å²) in [6, 6.07) is 9.58. The number of sulfonamides is 1. The molecule has 0 saturated carbocycles. The summed E-state index contributed by atoms with van der Waals surface area (Å²) in [6.45, 7) is 4.07. The van der Waals surface area contributed by atoms with Crippen LogP contribution >= 0.6 is 0 Å². The first kappa shape index (κ1) is 23.6. The molecule has 33 heavy (non-hydrogen) atoms. The van der Waals surface area contributed by atoms with Crippen molar-refractivity contribution in [1.29, 1.82) is 0 Å². The molecule has 0 unspecified atom stereocenters. The van der Waals surface area contributed by atoms with E-state index in [1.165, 1.54) is 22.7 Å². The van der Waals surface area contributed by atoms with Gasteiger partial charge in [0.05, 0.1) is 12.5 Å². The number of piperazine rings is 1. The summed E-state index contributed by atoms with van der Waals surface area (Å²) in [5, 5.41) is 0. The molecular weight excluding hydrogens is 461 g/mol. The Morgan fingerprint density at radius 3 is 2.18 bits per heavy atom. The molecule has 0 spiro atoms. The zero-order chi connectivity index (χ0) is 23.6. The van der Waals surface area contributed by atoms with E-state index in [1.807, 2.05) is 17.0 Å². The first-order valence-electron chi connectivity index (χ1n) is 10.4. The van der Waals surface area contributed by atoms with Crippen LogP contribution in [0.5, 0.6) is 11.5 Å². The summed E-state index contributed by atoms with van der Waals surface area (Å²) in [6.07, 6.45) is -1.79. The van der Waals surface area contributed by atoms with Gasteiger partial charge in [-0.05, 0) is 29.8 Å². The fourth-order valence-corrected chi connectivity index (χ4v) is 4.68. The number of likely N-dealkylation sites (tertiary alicyclic amines) is 1. The van der Waals surface area contributed by atoms with Crippen molar-refractivity contribution in [3.05, 3.63) is 48.2 Å². The van der Waals surface area contributed by atoms with Gasteiger partial charge >= 0.3 is 6.36 Å². The van der Waals surface area contributed by atoms with Crippen LogP contribution in [0.25, 0.3) is 0 Å². The number of benzene rings is 1. The molecule has 0 bridgehead atoms. The van der Waals surface area contributed by atoms with Gasteiger partial charge in [0.25, 0.3) is 0 Å². The van der Waals surface area contributed by atoms with Gasteiger partial charge in [-0.15, -0.1) is 13.2 Å². The van der Waals surface area contributed by atoms with E-state index in [0.29, 0.717) is 51.6 Å². The SMILES string of the molecule is CS(=O)(=O)N1CCN(c2ccc(OC3CN(Cc4ccc(OC(F)(F)F)cc4)C3)cn2)CC1. The number of hydrogen-bond acceptors (Lipinski definition) is 7. The molecule has 1 aromatic carbocycles. The summed E-state index contributed by atoms with van der Waals surface area (Å²) in [7, 11) is -3.17. The molecule has 2 fully saturated rings. The Morgan fingerprint density at radius 1 is 1.00 bits per heavy atom.